The second-order valence-corrected chi connectivity index (χ2v) is 19.6. The third kappa shape index (κ3) is 6.69. The van der Waals surface area contributed by atoms with Crippen LogP contribution in [-0.4, -0.2) is 50.2 Å². The minimum Gasteiger partial charge on any atom is -0.490 e. The average molecular weight is 625 g/mol. The van der Waals surface area contributed by atoms with Gasteiger partial charge >= 0.3 is 5.97 Å². The Bertz CT molecular complexity index is 1360. The molecule has 2 aliphatic carbocycles. The van der Waals surface area contributed by atoms with Gasteiger partial charge in [0.1, 0.15) is 10.9 Å². The van der Waals surface area contributed by atoms with Crippen molar-refractivity contribution in [3.8, 4) is 5.75 Å². The standard InChI is InChI=1S/C35H49ClN2O4Si/c1-7-8-9-12-30(42-43(5,6)34(2,3)4)26-15-13-25(26)21-38-22-35(19-10-11-28-27(35)16-18-32(36)37-28)23-41-31-17-14-24(33(39)40)20-29(31)38/h9,12,14,16-18,20,25-26,30H,7-8,10-11,13,15,19,21-23H2,1-6H3,(H,39,40)/b12-9+/t25-,26+,30?,35-/m0/s1. The molecular formula is C35H49ClN2O4Si. The van der Waals surface area contributed by atoms with Gasteiger partial charge in [0.25, 0.3) is 0 Å². The molecule has 0 bridgehead atoms. The van der Waals surface area contributed by atoms with Crippen LogP contribution in [0.5, 0.6) is 5.75 Å². The lowest BCUT2D eigenvalue weighted by atomic mass is 9.69. The molecule has 1 spiro atoms. The Morgan fingerprint density at radius 3 is 2.74 bits per heavy atom. The minimum atomic E-state index is -1.99. The SMILES string of the molecule is CCC/C=C/C(O[Si](C)(C)C(C)(C)C)[C@@H]1CC[C@H]1CN1C[C@@]2(CCCc3nc(Cl)ccc32)COc2ccc(C(=O)O)cc21. The summed E-state index contributed by atoms with van der Waals surface area (Å²) in [5.41, 5.74) is 3.19. The summed E-state index contributed by atoms with van der Waals surface area (Å²) in [5, 5.41) is 10.5. The van der Waals surface area contributed by atoms with E-state index in [4.69, 9.17) is 25.7 Å². The Morgan fingerprint density at radius 2 is 2.07 bits per heavy atom. The molecule has 2 heterocycles. The molecule has 1 aliphatic heterocycles. The molecule has 5 rings (SSSR count). The number of hydrogen-bond donors (Lipinski definition) is 1. The van der Waals surface area contributed by atoms with Crippen LogP contribution >= 0.6 is 11.6 Å². The third-order valence-electron chi connectivity index (χ3n) is 10.5. The van der Waals surface area contributed by atoms with E-state index in [1.54, 1.807) is 12.1 Å². The summed E-state index contributed by atoms with van der Waals surface area (Å²) in [7, 11) is -1.99. The van der Waals surface area contributed by atoms with Crippen LogP contribution in [0.2, 0.25) is 23.3 Å². The first-order chi connectivity index (χ1) is 20.3. The number of aromatic carboxylic acids is 1. The number of pyridine rings is 1. The van der Waals surface area contributed by atoms with Crippen LogP contribution in [0.25, 0.3) is 0 Å². The van der Waals surface area contributed by atoms with Crippen molar-refractivity contribution in [2.24, 2.45) is 11.8 Å². The molecule has 2 aromatic rings. The largest absolute Gasteiger partial charge is 0.490 e. The van der Waals surface area contributed by atoms with Crippen LogP contribution < -0.4 is 9.64 Å². The quantitative estimate of drug-likeness (QED) is 0.171. The van der Waals surface area contributed by atoms with Crippen molar-refractivity contribution in [1.29, 1.82) is 0 Å². The van der Waals surface area contributed by atoms with Crippen molar-refractivity contribution in [3.05, 3.63) is 64.5 Å². The zero-order chi connectivity index (χ0) is 31.0. The molecular weight excluding hydrogens is 576 g/mol. The van der Waals surface area contributed by atoms with Gasteiger partial charge in [-0.2, -0.15) is 0 Å². The van der Waals surface area contributed by atoms with Crippen molar-refractivity contribution in [2.45, 2.75) is 102 Å². The van der Waals surface area contributed by atoms with Gasteiger partial charge < -0.3 is 19.2 Å². The number of hydrogen-bond acceptors (Lipinski definition) is 5. The average Bonchev–Trinajstić information content (AvgIpc) is 3.07. The van der Waals surface area contributed by atoms with Gasteiger partial charge in [-0.3, -0.25) is 0 Å². The maximum atomic E-state index is 12.0. The smallest absolute Gasteiger partial charge is 0.335 e. The molecule has 1 unspecified atom stereocenters. The van der Waals surface area contributed by atoms with Crippen LogP contribution in [0.3, 0.4) is 0 Å². The third-order valence-corrected chi connectivity index (χ3v) is 15.2. The van der Waals surface area contributed by atoms with Gasteiger partial charge in [-0.25, -0.2) is 9.78 Å². The summed E-state index contributed by atoms with van der Waals surface area (Å²) >= 11 is 6.32. The molecule has 43 heavy (non-hydrogen) atoms. The molecule has 0 radical (unpaired) electrons. The first-order valence-corrected chi connectivity index (χ1v) is 19.4. The fraction of sp³-hybridized carbons (Fsp3) is 0.600. The van der Waals surface area contributed by atoms with Gasteiger partial charge in [-0.15, -0.1) is 0 Å². The van der Waals surface area contributed by atoms with Crippen LogP contribution in [0.4, 0.5) is 5.69 Å². The van der Waals surface area contributed by atoms with Gasteiger partial charge in [0.15, 0.2) is 8.32 Å². The molecule has 1 N–H and O–H groups in total. The first kappa shape index (κ1) is 32.1. The molecule has 1 aromatic carbocycles. The molecule has 4 atom stereocenters. The molecule has 3 aliphatic rings. The fourth-order valence-electron chi connectivity index (χ4n) is 6.81. The summed E-state index contributed by atoms with van der Waals surface area (Å²) in [6.45, 7) is 16.0. The number of aromatic nitrogens is 1. The Labute approximate surface area is 264 Å². The number of nitrogens with zero attached hydrogens (tertiary/aromatic N) is 2. The van der Waals surface area contributed by atoms with Crippen LogP contribution in [0.1, 0.15) is 87.8 Å². The number of fused-ring (bicyclic) bond motifs is 3. The number of allylic oxidation sites excluding steroid dienone is 1. The van der Waals surface area contributed by atoms with Gasteiger partial charge in [0.05, 0.1) is 24.0 Å². The summed E-state index contributed by atoms with van der Waals surface area (Å²) in [6.07, 6.45) is 12.1. The predicted octanol–water partition coefficient (Wildman–Crippen LogP) is 8.68. The Balaban J connectivity index is 1.49. The van der Waals surface area contributed by atoms with Gasteiger partial charge in [-0.1, -0.05) is 63.9 Å². The highest BCUT2D eigenvalue weighted by Crippen LogP contribution is 2.48. The highest BCUT2D eigenvalue weighted by Gasteiger charge is 2.47. The normalized spacial score (nSPS) is 24.6. The van der Waals surface area contributed by atoms with Crippen LogP contribution in [-0.2, 0) is 16.3 Å². The van der Waals surface area contributed by atoms with Crippen molar-refractivity contribution >= 4 is 31.6 Å². The molecule has 234 valence electrons. The first-order valence-electron chi connectivity index (χ1n) is 16.1. The summed E-state index contributed by atoms with van der Waals surface area (Å²) in [6, 6.07) is 9.33. The number of anilines is 1. The highest BCUT2D eigenvalue weighted by molar-refractivity contribution is 6.74. The topological polar surface area (TPSA) is 71.9 Å². The Kier molecular flexibility index (Phi) is 9.37. The zero-order valence-electron chi connectivity index (χ0n) is 26.8. The number of carbonyl (C=O) groups is 1. The number of carboxylic acid groups (broad SMARTS) is 1. The molecule has 1 fully saturated rings. The second-order valence-electron chi connectivity index (χ2n) is 14.5. The van der Waals surface area contributed by atoms with E-state index in [0.717, 1.165) is 75.2 Å². The predicted molar refractivity (Wildman–Crippen MR) is 177 cm³/mol. The van der Waals surface area contributed by atoms with E-state index < -0.39 is 14.3 Å². The van der Waals surface area contributed by atoms with E-state index in [1.807, 2.05) is 12.1 Å². The van der Waals surface area contributed by atoms with E-state index in [9.17, 15) is 9.90 Å². The number of aryl methyl sites for hydroxylation is 1. The van der Waals surface area contributed by atoms with E-state index in [2.05, 4.69) is 63.9 Å². The van der Waals surface area contributed by atoms with E-state index in [0.29, 0.717) is 23.6 Å². The van der Waals surface area contributed by atoms with Crippen molar-refractivity contribution in [2.75, 3.05) is 24.6 Å². The number of halogens is 1. The maximum Gasteiger partial charge on any atom is 0.335 e. The maximum absolute atomic E-state index is 12.0. The second kappa shape index (κ2) is 12.6. The van der Waals surface area contributed by atoms with E-state index in [1.165, 1.54) is 5.56 Å². The van der Waals surface area contributed by atoms with Crippen LogP contribution in [0, 0.1) is 11.8 Å². The van der Waals surface area contributed by atoms with Gasteiger partial charge in [0, 0.05) is 24.2 Å². The monoisotopic (exact) mass is 624 g/mol. The summed E-state index contributed by atoms with van der Waals surface area (Å²) < 4.78 is 13.6. The summed E-state index contributed by atoms with van der Waals surface area (Å²) in [5.74, 6) is 0.689. The molecule has 6 nitrogen and oxygen atoms in total. The highest BCUT2D eigenvalue weighted by atomic mass is 35.5. The van der Waals surface area contributed by atoms with Gasteiger partial charge in [-0.05, 0) is 98.3 Å². The van der Waals surface area contributed by atoms with Crippen molar-refractivity contribution in [3.63, 3.8) is 0 Å². The number of carboxylic acids is 1. The summed E-state index contributed by atoms with van der Waals surface area (Å²) in [4.78, 5) is 19.2. The Hall–Kier alpha value is -2.35. The molecule has 1 saturated carbocycles. The van der Waals surface area contributed by atoms with Crippen molar-refractivity contribution in [1.82, 2.24) is 4.98 Å². The number of ether oxygens (including phenoxy) is 1. The lowest BCUT2D eigenvalue weighted by Gasteiger charge is -2.48. The lowest BCUT2D eigenvalue weighted by Crippen LogP contribution is -2.52. The van der Waals surface area contributed by atoms with E-state index in [-0.39, 0.29) is 22.1 Å². The molecule has 1 aromatic heterocycles. The Morgan fingerprint density at radius 1 is 1.28 bits per heavy atom. The molecule has 0 saturated heterocycles. The fourth-order valence-corrected chi connectivity index (χ4v) is 8.26. The van der Waals surface area contributed by atoms with E-state index >= 15 is 0 Å². The molecule has 0 amide bonds. The van der Waals surface area contributed by atoms with Crippen LogP contribution in [0.15, 0.2) is 42.5 Å². The van der Waals surface area contributed by atoms with Crippen molar-refractivity contribution < 1.29 is 19.1 Å². The number of rotatable bonds is 9. The number of benzene rings is 1. The van der Waals surface area contributed by atoms with Gasteiger partial charge in [0.2, 0.25) is 0 Å². The number of unbranched alkanes of at least 4 members (excludes halogenated alkanes) is 1. The minimum absolute atomic E-state index is 0.0925. The zero-order valence-corrected chi connectivity index (χ0v) is 28.5. The lowest BCUT2D eigenvalue weighted by molar-refractivity contribution is 0.0524. The molecule has 8 heteroatoms.